The average molecular weight is 591 g/mol. The molecule has 1 aliphatic carbocycles. The molecule has 1 saturated carbocycles. The Morgan fingerprint density at radius 1 is 1.19 bits per heavy atom. The predicted octanol–water partition coefficient (Wildman–Crippen LogP) is 3.95. The van der Waals surface area contributed by atoms with Crippen molar-refractivity contribution in [3.8, 4) is 5.69 Å². The van der Waals surface area contributed by atoms with Crippen LogP contribution < -0.4 is 14.9 Å². The molecule has 1 aromatic heterocycles. The van der Waals surface area contributed by atoms with E-state index in [1.807, 2.05) is 44.2 Å². The van der Waals surface area contributed by atoms with Crippen LogP contribution >= 0.6 is 15.9 Å². The smallest absolute Gasteiger partial charge is 0.270 e. The number of carbonyl (C=O) groups is 2. The fraction of sp³-hybridized carbons (Fsp3) is 0.423. The van der Waals surface area contributed by atoms with Gasteiger partial charge in [0, 0.05) is 35.9 Å². The third-order valence-electron chi connectivity index (χ3n) is 6.38. The molecule has 0 atom stereocenters. The molecular formula is C26H32BrN5O4S. The lowest BCUT2D eigenvalue weighted by Crippen LogP contribution is -2.35. The summed E-state index contributed by atoms with van der Waals surface area (Å²) in [5.74, 6) is -0.255. The first-order chi connectivity index (χ1) is 17.5. The van der Waals surface area contributed by atoms with Gasteiger partial charge in [0.25, 0.3) is 5.91 Å². The molecule has 3 aromatic rings. The number of hydrogen-bond donors (Lipinski definition) is 2. The zero-order valence-corrected chi connectivity index (χ0v) is 23.8. The molecule has 0 spiro atoms. The summed E-state index contributed by atoms with van der Waals surface area (Å²) >= 11 is 3.44. The van der Waals surface area contributed by atoms with Crippen LogP contribution in [0.1, 0.15) is 55.1 Å². The van der Waals surface area contributed by atoms with E-state index in [1.165, 1.54) is 10.6 Å². The Balaban J connectivity index is 1.80. The molecular weight excluding hydrogens is 558 g/mol. The quantitative estimate of drug-likeness (QED) is 0.347. The first kappa shape index (κ1) is 27.1. The molecule has 9 nitrogen and oxygen atoms in total. The first-order valence-corrected chi connectivity index (χ1v) is 15.0. The van der Waals surface area contributed by atoms with Crippen LogP contribution in [0, 0.1) is 5.92 Å². The highest BCUT2D eigenvalue weighted by Crippen LogP contribution is 2.46. The number of halogens is 1. The summed E-state index contributed by atoms with van der Waals surface area (Å²) in [4.78, 5) is 24.9. The fourth-order valence-electron chi connectivity index (χ4n) is 4.28. The Labute approximate surface area is 225 Å². The molecule has 0 bridgehead atoms. The summed E-state index contributed by atoms with van der Waals surface area (Å²) in [6.07, 6.45) is 3.56. The number of hydrogen-bond acceptors (Lipinski definition) is 5. The first-order valence-electron chi connectivity index (χ1n) is 12.3. The number of nitrogens with zero attached hydrogens (tertiary/aromatic N) is 3. The van der Waals surface area contributed by atoms with E-state index >= 15 is 0 Å². The highest BCUT2D eigenvalue weighted by Gasteiger charge is 2.32. The number of fused-ring (bicyclic) bond motifs is 1. The summed E-state index contributed by atoms with van der Waals surface area (Å²) in [5.41, 5.74) is 3.12. The molecule has 2 N–H and O–H groups in total. The minimum Gasteiger partial charge on any atom is -0.356 e. The number of amides is 2. The molecule has 0 aliphatic heterocycles. The maximum atomic E-state index is 13.0. The van der Waals surface area contributed by atoms with Crippen molar-refractivity contribution in [3.63, 3.8) is 0 Å². The topological polar surface area (TPSA) is 113 Å². The monoisotopic (exact) mass is 589 g/mol. The summed E-state index contributed by atoms with van der Waals surface area (Å²) in [6, 6.07) is 11.2. The second-order valence-electron chi connectivity index (χ2n) is 9.65. The largest absolute Gasteiger partial charge is 0.356 e. The van der Waals surface area contributed by atoms with Crippen molar-refractivity contribution in [1.29, 1.82) is 0 Å². The standard InChI is InChI=1S/C26H32BrN5O4S/c1-16(2)25(33)29-12-5-13-31(37(4,35)36)23-15-22-21(14-20(23)17-6-7-17)24(26(34)28-3)32(30-22)19-10-8-18(27)9-11-19/h8-11,14-17H,5-7,12-13H2,1-4H3,(H,28,34)(H,29,33). The van der Waals surface area contributed by atoms with Crippen LogP contribution in [0.15, 0.2) is 40.9 Å². The molecule has 0 saturated heterocycles. The lowest BCUT2D eigenvalue weighted by atomic mass is 10.0. The van der Waals surface area contributed by atoms with Gasteiger partial charge < -0.3 is 10.6 Å². The van der Waals surface area contributed by atoms with Crippen LogP contribution in [0.3, 0.4) is 0 Å². The molecule has 37 heavy (non-hydrogen) atoms. The van der Waals surface area contributed by atoms with Crippen LogP contribution in [-0.4, -0.2) is 56.4 Å². The molecule has 2 amide bonds. The van der Waals surface area contributed by atoms with Crippen molar-refractivity contribution in [3.05, 3.63) is 52.1 Å². The molecule has 198 valence electrons. The van der Waals surface area contributed by atoms with E-state index in [9.17, 15) is 18.0 Å². The number of sulfonamides is 1. The second kappa shape index (κ2) is 10.8. The summed E-state index contributed by atoms with van der Waals surface area (Å²) in [5, 5.41) is 11.0. The van der Waals surface area contributed by atoms with Gasteiger partial charge in [-0.25, -0.2) is 13.1 Å². The van der Waals surface area contributed by atoms with E-state index in [0.29, 0.717) is 40.9 Å². The van der Waals surface area contributed by atoms with Crippen molar-refractivity contribution in [2.45, 2.75) is 39.0 Å². The number of benzene rings is 2. The van der Waals surface area contributed by atoms with Gasteiger partial charge in [-0.1, -0.05) is 29.8 Å². The molecule has 2 aromatic carbocycles. The number of rotatable bonds is 10. The maximum Gasteiger partial charge on any atom is 0.270 e. The lowest BCUT2D eigenvalue weighted by Gasteiger charge is -2.25. The Bertz CT molecular complexity index is 1430. The number of nitrogens with one attached hydrogen (secondary N) is 2. The average Bonchev–Trinajstić information content (AvgIpc) is 3.62. The molecule has 11 heteroatoms. The highest BCUT2D eigenvalue weighted by atomic mass is 79.9. The van der Waals surface area contributed by atoms with Gasteiger partial charge in [0.05, 0.1) is 23.1 Å². The molecule has 1 fully saturated rings. The van der Waals surface area contributed by atoms with E-state index in [0.717, 1.165) is 22.9 Å². The van der Waals surface area contributed by atoms with Gasteiger partial charge in [0.15, 0.2) is 0 Å². The molecule has 1 heterocycles. The summed E-state index contributed by atoms with van der Waals surface area (Å²) < 4.78 is 29.8. The van der Waals surface area contributed by atoms with Crippen molar-refractivity contribution < 1.29 is 18.0 Å². The third-order valence-corrected chi connectivity index (χ3v) is 8.09. The number of carbonyl (C=O) groups excluding carboxylic acids is 2. The van der Waals surface area contributed by atoms with Crippen molar-refractivity contribution in [2.75, 3.05) is 30.7 Å². The van der Waals surface area contributed by atoms with Gasteiger partial charge in [-0.15, -0.1) is 0 Å². The lowest BCUT2D eigenvalue weighted by molar-refractivity contribution is -0.123. The van der Waals surface area contributed by atoms with Crippen LogP contribution in [0.2, 0.25) is 0 Å². The number of anilines is 1. The molecule has 1 aliphatic rings. The van der Waals surface area contributed by atoms with Crippen molar-refractivity contribution >= 4 is 54.4 Å². The van der Waals surface area contributed by atoms with Crippen LogP contribution in [0.25, 0.3) is 16.6 Å². The minimum absolute atomic E-state index is 0.0637. The Morgan fingerprint density at radius 3 is 2.43 bits per heavy atom. The Morgan fingerprint density at radius 2 is 1.86 bits per heavy atom. The normalized spacial score (nSPS) is 13.7. The molecule has 4 rings (SSSR count). The zero-order valence-electron chi connectivity index (χ0n) is 21.4. The van der Waals surface area contributed by atoms with Crippen molar-refractivity contribution in [2.24, 2.45) is 5.92 Å². The summed E-state index contributed by atoms with van der Waals surface area (Å²) in [7, 11) is -2.04. The van der Waals surface area contributed by atoms with E-state index in [-0.39, 0.29) is 30.2 Å². The number of aromatic nitrogens is 2. The minimum atomic E-state index is -3.61. The van der Waals surface area contributed by atoms with E-state index in [2.05, 4.69) is 26.6 Å². The van der Waals surface area contributed by atoms with Gasteiger partial charge >= 0.3 is 0 Å². The van der Waals surface area contributed by atoms with Gasteiger partial charge in [-0.3, -0.25) is 13.9 Å². The Hall–Kier alpha value is -2.92. The fourth-order valence-corrected chi connectivity index (χ4v) is 5.53. The van der Waals surface area contributed by atoms with E-state index < -0.39 is 10.0 Å². The maximum absolute atomic E-state index is 13.0. The molecule has 0 unspecified atom stereocenters. The van der Waals surface area contributed by atoms with Gasteiger partial charge in [-0.05, 0) is 67.1 Å². The van der Waals surface area contributed by atoms with Crippen LogP contribution in [0.5, 0.6) is 0 Å². The SMILES string of the molecule is CNC(=O)c1c2cc(C3CC3)c(N(CCCNC(=O)C(C)C)S(C)(=O)=O)cc2nn1-c1ccc(Br)cc1. The van der Waals surface area contributed by atoms with Crippen molar-refractivity contribution in [1.82, 2.24) is 20.4 Å². The van der Waals surface area contributed by atoms with Gasteiger partial charge in [0.1, 0.15) is 5.69 Å². The van der Waals surface area contributed by atoms with Crippen LogP contribution in [-0.2, 0) is 14.8 Å². The predicted molar refractivity (Wildman–Crippen MR) is 149 cm³/mol. The van der Waals surface area contributed by atoms with Crippen LogP contribution in [0.4, 0.5) is 5.69 Å². The zero-order chi connectivity index (χ0) is 26.9. The van der Waals surface area contributed by atoms with Gasteiger partial charge in [0.2, 0.25) is 15.9 Å². The summed E-state index contributed by atoms with van der Waals surface area (Å²) in [6.45, 7) is 4.23. The van der Waals surface area contributed by atoms with E-state index in [4.69, 9.17) is 5.10 Å². The molecule has 0 radical (unpaired) electrons. The third kappa shape index (κ3) is 5.98. The Kier molecular flexibility index (Phi) is 7.94. The second-order valence-corrected chi connectivity index (χ2v) is 12.5. The van der Waals surface area contributed by atoms with Gasteiger partial charge in [-0.2, -0.15) is 5.10 Å². The van der Waals surface area contributed by atoms with E-state index in [1.54, 1.807) is 17.8 Å². The highest BCUT2D eigenvalue weighted by molar-refractivity contribution is 9.10.